The van der Waals surface area contributed by atoms with E-state index in [1.165, 1.54) is 11.3 Å². The first kappa shape index (κ1) is 17.3. The van der Waals surface area contributed by atoms with Crippen molar-refractivity contribution in [3.8, 4) is 11.3 Å². The number of rotatable bonds is 6. The van der Waals surface area contributed by atoms with Crippen LogP contribution in [0.4, 0.5) is 5.13 Å². The molecule has 0 spiro atoms. The number of aryl methyl sites for hydroxylation is 1. The summed E-state index contributed by atoms with van der Waals surface area (Å²) in [5.41, 5.74) is 9.68. The van der Waals surface area contributed by atoms with E-state index in [9.17, 15) is 4.79 Å². The van der Waals surface area contributed by atoms with Crippen LogP contribution in [0.2, 0.25) is 0 Å². The van der Waals surface area contributed by atoms with Gasteiger partial charge in [0.2, 0.25) is 0 Å². The van der Waals surface area contributed by atoms with Gasteiger partial charge < -0.3 is 10.3 Å². The maximum Gasteiger partial charge on any atom is 0.257 e. The molecule has 3 aromatic heterocycles. The number of thiazole rings is 1. The van der Waals surface area contributed by atoms with Crippen LogP contribution >= 0.6 is 11.3 Å². The molecule has 0 aliphatic carbocycles. The maximum absolute atomic E-state index is 12.6. The van der Waals surface area contributed by atoms with Crippen LogP contribution in [0.1, 0.15) is 16.8 Å². The van der Waals surface area contributed by atoms with E-state index in [0.717, 1.165) is 35.3 Å². The Morgan fingerprint density at radius 1 is 1.22 bits per heavy atom. The van der Waals surface area contributed by atoms with Crippen LogP contribution in [0.3, 0.4) is 0 Å². The zero-order valence-corrected chi connectivity index (χ0v) is 15.3. The van der Waals surface area contributed by atoms with Crippen LogP contribution in [0.25, 0.3) is 22.3 Å². The van der Waals surface area contributed by atoms with E-state index in [1.54, 1.807) is 30.9 Å². The Labute approximate surface area is 159 Å². The molecule has 4 aromatic rings. The van der Waals surface area contributed by atoms with Crippen molar-refractivity contribution in [1.82, 2.24) is 19.5 Å². The highest BCUT2D eigenvalue weighted by Gasteiger charge is 2.12. The molecule has 4 rings (SSSR count). The highest BCUT2D eigenvalue weighted by molar-refractivity contribution is 7.14. The molecule has 0 saturated heterocycles. The summed E-state index contributed by atoms with van der Waals surface area (Å²) in [5.74, 6) is -0.205. The topological polar surface area (TPSA) is 98.7 Å². The van der Waals surface area contributed by atoms with Gasteiger partial charge in [0.25, 0.3) is 5.91 Å². The quantitative estimate of drug-likeness (QED) is 0.537. The average molecular weight is 378 g/mol. The zero-order valence-electron chi connectivity index (χ0n) is 14.5. The molecule has 0 aliphatic heterocycles. The lowest BCUT2D eigenvalue weighted by molar-refractivity contribution is 0.102. The predicted molar refractivity (Wildman–Crippen MR) is 107 cm³/mol. The van der Waals surface area contributed by atoms with Crippen molar-refractivity contribution in [2.24, 2.45) is 5.73 Å². The minimum absolute atomic E-state index is 0.205. The van der Waals surface area contributed by atoms with Gasteiger partial charge in [-0.2, -0.15) is 0 Å². The summed E-state index contributed by atoms with van der Waals surface area (Å²) >= 11 is 1.39. The van der Waals surface area contributed by atoms with Gasteiger partial charge in [-0.25, -0.2) is 9.97 Å². The summed E-state index contributed by atoms with van der Waals surface area (Å²) in [6.07, 6.45) is 6.10. The van der Waals surface area contributed by atoms with Crippen molar-refractivity contribution in [3.05, 3.63) is 60.0 Å². The van der Waals surface area contributed by atoms with Gasteiger partial charge >= 0.3 is 0 Å². The van der Waals surface area contributed by atoms with Crippen LogP contribution in [0, 0.1) is 0 Å². The summed E-state index contributed by atoms with van der Waals surface area (Å²) < 4.78 is 2.05. The molecule has 7 nitrogen and oxygen atoms in total. The van der Waals surface area contributed by atoms with E-state index in [2.05, 4.69) is 20.3 Å². The normalized spacial score (nSPS) is 11.0. The van der Waals surface area contributed by atoms with Crippen molar-refractivity contribution in [3.63, 3.8) is 0 Å². The van der Waals surface area contributed by atoms with Crippen molar-refractivity contribution < 1.29 is 4.79 Å². The largest absolute Gasteiger partial charge is 0.331 e. The van der Waals surface area contributed by atoms with Crippen LogP contribution in [-0.4, -0.2) is 32.0 Å². The lowest BCUT2D eigenvalue weighted by atomic mass is 10.2. The maximum atomic E-state index is 12.6. The first-order chi connectivity index (χ1) is 13.2. The Morgan fingerprint density at radius 3 is 2.89 bits per heavy atom. The number of nitrogens with two attached hydrogens (primary N) is 1. The summed E-state index contributed by atoms with van der Waals surface area (Å²) in [7, 11) is 0. The number of hydrogen-bond donors (Lipinski definition) is 2. The Kier molecular flexibility index (Phi) is 4.91. The number of nitrogens with zero attached hydrogens (tertiary/aromatic N) is 4. The fourth-order valence-corrected chi connectivity index (χ4v) is 3.52. The minimum atomic E-state index is -0.205. The number of nitrogens with one attached hydrogen (secondary N) is 1. The molecule has 3 N–H and O–H groups in total. The van der Waals surface area contributed by atoms with Gasteiger partial charge in [0.1, 0.15) is 0 Å². The monoisotopic (exact) mass is 378 g/mol. The van der Waals surface area contributed by atoms with Gasteiger partial charge in [0, 0.05) is 35.4 Å². The summed E-state index contributed by atoms with van der Waals surface area (Å²) in [4.78, 5) is 25.4. The van der Waals surface area contributed by atoms with Gasteiger partial charge in [-0.15, -0.1) is 11.3 Å². The smallest absolute Gasteiger partial charge is 0.257 e. The van der Waals surface area contributed by atoms with Crippen molar-refractivity contribution in [2.45, 2.75) is 13.0 Å². The summed E-state index contributed by atoms with van der Waals surface area (Å²) in [5, 5.41) is 5.32. The van der Waals surface area contributed by atoms with E-state index < -0.39 is 0 Å². The molecular weight excluding hydrogens is 360 g/mol. The van der Waals surface area contributed by atoms with Gasteiger partial charge in [-0.3, -0.25) is 15.1 Å². The van der Waals surface area contributed by atoms with Crippen LogP contribution in [0.15, 0.2) is 54.4 Å². The number of hydrogen-bond acceptors (Lipinski definition) is 6. The Bertz CT molecular complexity index is 1070. The van der Waals surface area contributed by atoms with Crippen molar-refractivity contribution in [2.75, 3.05) is 11.9 Å². The predicted octanol–water partition coefficient (Wildman–Crippen LogP) is 3.16. The molecule has 8 heteroatoms. The van der Waals surface area contributed by atoms with E-state index in [4.69, 9.17) is 5.73 Å². The van der Waals surface area contributed by atoms with Crippen LogP contribution in [0.5, 0.6) is 0 Å². The number of anilines is 1. The number of carbonyl (C=O) groups is 1. The number of fused-ring (bicyclic) bond motifs is 1. The second-order valence-corrected chi connectivity index (χ2v) is 6.87. The van der Waals surface area contributed by atoms with Crippen molar-refractivity contribution in [1.29, 1.82) is 0 Å². The second kappa shape index (κ2) is 7.65. The number of aromatic nitrogens is 4. The third kappa shape index (κ3) is 3.71. The lowest BCUT2D eigenvalue weighted by Crippen LogP contribution is -2.11. The molecular formula is C19H18N6OS. The van der Waals surface area contributed by atoms with E-state index in [-0.39, 0.29) is 5.91 Å². The Hall–Kier alpha value is -3.10. The number of amides is 1. The molecule has 27 heavy (non-hydrogen) atoms. The second-order valence-electron chi connectivity index (χ2n) is 6.01. The Morgan fingerprint density at radius 2 is 2.07 bits per heavy atom. The molecule has 0 bridgehead atoms. The summed E-state index contributed by atoms with van der Waals surface area (Å²) in [6.45, 7) is 1.45. The third-order valence-electron chi connectivity index (χ3n) is 4.19. The average Bonchev–Trinajstić information content (AvgIpc) is 3.33. The third-order valence-corrected chi connectivity index (χ3v) is 4.94. The van der Waals surface area contributed by atoms with Gasteiger partial charge in [0.05, 0.1) is 23.1 Å². The SMILES string of the molecule is NCCCn1cnc2cc(C(=O)Nc3nc(-c4ccncc4)cs3)ccc21. The van der Waals surface area contributed by atoms with Crippen molar-refractivity contribution >= 4 is 33.4 Å². The van der Waals surface area contributed by atoms with Gasteiger partial charge in [-0.05, 0) is 43.3 Å². The van der Waals surface area contributed by atoms with E-state index in [0.29, 0.717) is 17.2 Å². The number of pyridine rings is 1. The minimum Gasteiger partial charge on any atom is -0.331 e. The molecule has 3 heterocycles. The van der Waals surface area contributed by atoms with E-state index >= 15 is 0 Å². The number of imidazole rings is 1. The van der Waals surface area contributed by atoms with Crippen LogP contribution in [-0.2, 0) is 6.54 Å². The van der Waals surface area contributed by atoms with Gasteiger partial charge in [-0.1, -0.05) is 0 Å². The number of benzene rings is 1. The first-order valence-corrected chi connectivity index (χ1v) is 9.45. The molecule has 0 aliphatic rings. The lowest BCUT2D eigenvalue weighted by Gasteiger charge is -2.04. The standard InChI is InChI=1S/C19H18N6OS/c20-6-1-9-25-12-22-15-10-14(2-3-17(15)25)18(26)24-19-23-16(11-27-19)13-4-7-21-8-5-13/h2-5,7-8,10-12H,1,6,9,20H2,(H,23,24,26). The molecule has 1 aromatic carbocycles. The fourth-order valence-electron chi connectivity index (χ4n) is 2.80. The molecule has 1 amide bonds. The highest BCUT2D eigenvalue weighted by atomic mass is 32.1. The molecule has 136 valence electrons. The molecule has 0 atom stereocenters. The molecule has 0 radical (unpaired) electrons. The van der Waals surface area contributed by atoms with E-state index in [1.807, 2.05) is 28.1 Å². The zero-order chi connectivity index (χ0) is 18.6. The number of carbonyl (C=O) groups excluding carboxylic acids is 1. The highest BCUT2D eigenvalue weighted by Crippen LogP contribution is 2.25. The summed E-state index contributed by atoms with van der Waals surface area (Å²) in [6, 6.07) is 9.28. The van der Waals surface area contributed by atoms with Gasteiger partial charge in [0.15, 0.2) is 5.13 Å². The van der Waals surface area contributed by atoms with Crippen LogP contribution < -0.4 is 11.1 Å². The molecule has 0 unspecified atom stereocenters. The fraction of sp³-hybridized carbons (Fsp3) is 0.158. The Balaban J connectivity index is 1.51. The molecule has 0 fully saturated rings. The first-order valence-electron chi connectivity index (χ1n) is 8.57. The molecule has 0 saturated carbocycles.